The number of aliphatic carboxylic acids is 1. The highest BCUT2D eigenvalue weighted by Crippen LogP contribution is 2.36. The largest absolute Gasteiger partial charge is 0.550 e. The number of carbonyl (C=O) groups excluding carboxylic acids is 2. The summed E-state index contributed by atoms with van der Waals surface area (Å²) in [6, 6.07) is 14.9. The van der Waals surface area contributed by atoms with Crippen molar-refractivity contribution in [2.75, 3.05) is 0 Å². The molecular formula is C20H18ClN2O3-. The lowest BCUT2D eigenvalue weighted by atomic mass is 9.97. The Morgan fingerprint density at radius 3 is 2.50 bits per heavy atom. The minimum atomic E-state index is -1.26. The molecule has 134 valence electrons. The fourth-order valence-corrected chi connectivity index (χ4v) is 3.23. The molecule has 0 spiro atoms. The van der Waals surface area contributed by atoms with Crippen LogP contribution in [0.2, 0.25) is 5.02 Å². The molecular weight excluding hydrogens is 352 g/mol. The number of hydrogen-bond donors (Lipinski definition) is 0. The fraction of sp³-hybridized carbons (Fsp3) is 0.250. The lowest BCUT2D eigenvalue weighted by Gasteiger charge is -2.23. The molecule has 3 rings (SSSR count). The van der Waals surface area contributed by atoms with Gasteiger partial charge >= 0.3 is 0 Å². The number of halogens is 1. The van der Waals surface area contributed by atoms with Crippen LogP contribution in [-0.2, 0) is 9.59 Å². The Bertz CT molecular complexity index is 862. The first-order chi connectivity index (χ1) is 12.5. The number of aryl methyl sites for hydroxylation is 1. The molecule has 0 N–H and O–H groups in total. The van der Waals surface area contributed by atoms with Crippen molar-refractivity contribution < 1.29 is 14.7 Å². The zero-order valence-electron chi connectivity index (χ0n) is 14.3. The van der Waals surface area contributed by atoms with Gasteiger partial charge in [0, 0.05) is 23.8 Å². The molecule has 1 aliphatic rings. The summed E-state index contributed by atoms with van der Waals surface area (Å²) >= 11 is 6.32. The van der Waals surface area contributed by atoms with E-state index in [4.69, 9.17) is 11.6 Å². The van der Waals surface area contributed by atoms with Gasteiger partial charge in [-0.05, 0) is 30.5 Å². The van der Waals surface area contributed by atoms with Gasteiger partial charge in [-0.1, -0.05) is 59.6 Å². The van der Waals surface area contributed by atoms with Crippen LogP contribution in [0.5, 0.6) is 0 Å². The number of amides is 1. The van der Waals surface area contributed by atoms with Crippen molar-refractivity contribution in [3.63, 3.8) is 0 Å². The van der Waals surface area contributed by atoms with Crippen LogP contribution in [0.4, 0.5) is 0 Å². The first-order valence-electron chi connectivity index (χ1n) is 8.36. The van der Waals surface area contributed by atoms with E-state index in [1.807, 2.05) is 49.4 Å². The maximum absolute atomic E-state index is 12.6. The SMILES string of the molecule is Cc1ccc(C2=NN(C(=O)CCC(=O)[O-])[C@H](c3ccccc3Cl)C2)cc1. The predicted octanol–water partition coefficient (Wildman–Crippen LogP) is 2.86. The van der Waals surface area contributed by atoms with Crippen molar-refractivity contribution >= 4 is 29.2 Å². The number of carboxylic acid groups (broad SMARTS) is 1. The molecule has 26 heavy (non-hydrogen) atoms. The van der Waals surface area contributed by atoms with Gasteiger partial charge in [-0.2, -0.15) is 5.10 Å². The molecule has 0 bridgehead atoms. The highest BCUT2D eigenvalue weighted by molar-refractivity contribution is 6.31. The highest BCUT2D eigenvalue weighted by atomic mass is 35.5. The molecule has 1 amide bonds. The molecule has 2 aromatic rings. The molecule has 0 aromatic heterocycles. The Kier molecular flexibility index (Phi) is 5.38. The maximum Gasteiger partial charge on any atom is 0.243 e. The third-order valence-electron chi connectivity index (χ3n) is 4.36. The van der Waals surface area contributed by atoms with Crippen molar-refractivity contribution in [1.29, 1.82) is 0 Å². The number of carboxylic acids is 1. The molecule has 1 aliphatic heterocycles. The van der Waals surface area contributed by atoms with Crippen LogP contribution >= 0.6 is 11.6 Å². The predicted molar refractivity (Wildman–Crippen MR) is 97.6 cm³/mol. The van der Waals surface area contributed by atoms with E-state index < -0.39 is 5.97 Å². The average Bonchev–Trinajstić information content (AvgIpc) is 3.06. The standard InChI is InChI=1S/C20H19ClN2O3/c1-13-6-8-14(9-7-13)17-12-18(15-4-2-3-5-16(15)21)23(22-17)19(24)10-11-20(25)26/h2-9,18H,10-12H2,1H3,(H,25,26)/p-1/t18-/m0/s1. The first-order valence-corrected chi connectivity index (χ1v) is 8.74. The van der Waals surface area contributed by atoms with E-state index in [2.05, 4.69) is 5.10 Å². The molecule has 2 aromatic carbocycles. The molecule has 0 unspecified atom stereocenters. The second kappa shape index (κ2) is 7.70. The summed E-state index contributed by atoms with van der Waals surface area (Å²) in [4.78, 5) is 23.3. The number of carbonyl (C=O) groups is 2. The Hall–Kier alpha value is -2.66. The third kappa shape index (κ3) is 3.94. The molecule has 0 radical (unpaired) electrons. The minimum Gasteiger partial charge on any atom is -0.550 e. The monoisotopic (exact) mass is 369 g/mol. The van der Waals surface area contributed by atoms with Crippen LogP contribution < -0.4 is 5.11 Å². The van der Waals surface area contributed by atoms with E-state index in [0.717, 1.165) is 22.4 Å². The summed E-state index contributed by atoms with van der Waals surface area (Å²) in [6.45, 7) is 2.00. The summed E-state index contributed by atoms with van der Waals surface area (Å²) in [5.41, 5.74) is 3.64. The molecule has 0 saturated carbocycles. The van der Waals surface area contributed by atoms with Crippen LogP contribution in [-0.4, -0.2) is 22.6 Å². The molecule has 0 aliphatic carbocycles. The molecule has 0 fully saturated rings. The zero-order chi connectivity index (χ0) is 18.7. The zero-order valence-corrected chi connectivity index (χ0v) is 15.1. The quantitative estimate of drug-likeness (QED) is 0.813. The van der Waals surface area contributed by atoms with Crippen LogP contribution in [0.1, 0.15) is 42.0 Å². The van der Waals surface area contributed by atoms with Crippen molar-refractivity contribution in [3.8, 4) is 0 Å². The van der Waals surface area contributed by atoms with Gasteiger partial charge in [0.25, 0.3) is 0 Å². The second-order valence-corrected chi connectivity index (χ2v) is 6.67. The van der Waals surface area contributed by atoms with E-state index >= 15 is 0 Å². The Morgan fingerprint density at radius 1 is 1.15 bits per heavy atom. The molecule has 0 saturated heterocycles. The van der Waals surface area contributed by atoms with Crippen LogP contribution in [0.15, 0.2) is 53.6 Å². The number of hydrazone groups is 1. The highest BCUT2D eigenvalue weighted by Gasteiger charge is 2.33. The maximum atomic E-state index is 12.6. The van der Waals surface area contributed by atoms with E-state index in [9.17, 15) is 14.7 Å². The van der Waals surface area contributed by atoms with E-state index in [-0.39, 0.29) is 24.8 Å². The van der Waals surface area contributed by atoms with Gasteiger partial charge in [-0.25, -0.2) is 5.01 Å². The summed E-state index contributed by atoms with van der Waals surface area (Å²) in [7, 11) is 0. The van der Waals surface area contributed by atoms with E-state index in [1.165, 1.54) is 5.01 Å². The Balaban J connectivity index is 1.93. The average molecular weight is 370 g/mol. The number of nitrogens with zero attached hydrogens (tertiary/aromatic N) is 2. The van der Waals surface area contributed by atoms with Gasteiger partial charge in [0.1, 0.15) is 0 Å². The lowest BCUT2D eigenvalue weighted by molar-refractivity contribution is -0.305. The number of benzene rings is 2. The lowest BCUT2D eigenvalue weighted by Crippen LogP contribution is -2.30. The molecule has 5 nitrogen and oxygen atoms in total. The smallest absolute Gasteiger partial charge is 0.243 e. The van der Waals surface area contributed by atoms with Crippen LogP contribution in [0.25, 0.3) is 0 Å². The summed E-state index contributed by atoms with van der Waals surface area (Å²) in [5.74, 6) is -1.61. The fourth-order valence-electron chi connectivity index (χ4n) is 2.97. The summed E-state index contributed by atoms with van der Waals surface area (Å²) in [5, 5.41) is 17.1. The van der Waals surface area contributed by atoms with Gasteiger partial charge in [0.05, 0.1) is 11.8 Å². The van der Waals surface area contributed by atoms with Crippen LogP contribution in [0.3, 0.4) is 0 Å². The van der Waals surface area contributed by atoms with Crippen molar-refractivity contribution in [3.05, 3.63) is 70.2 Å². The molecule has 1 atom stereocenters. The topological polar surface area (TPSA) is 72.8 Å². The summed E-state index contributed by atoms with van der Waals surface area (Å²) < 4.78 is 0. The van der Waals surface area contributed by atoms with Crippen molar-refractivity contribution in [2.45, 2.75) is 32.2 Å². The van der Waals surface area contributed by atoms with Crippen LogP contribution in [0, 0.1) is 6.92 Å². The normalized spacial score (nSPS) is 16.5. The molecule has 6 heteroatoms. The number of hydrogen-bond acceptors (Lipinski definition) is 4. The summed E-state index contributed by atoms with van der Waals surface area (Å²) in [6.07, 6.45) is 0.0256. The van der Waals surface area contributed by atoms with Gasteiger partial charge in [0.2, 0.25) is 5.91 Å². The van der Waals surface area contributed by atoms with Crippen molar-refractivity contribution in [2.24, 2.45) is 5.10 Å². The first kappa shape index (κ1) is 18.1. The van der Waals surface area contributed by atoms with E-state index in [1.54, 1.807) is 6.07 Å². The third-order valence-corrected chi connectivity index (χ3v) is 4.70. The number of rotatable bonds is 5. The molecule has 1 heterocycles. The Labute approximate surface area is 156 Å². The van der Waals surface area contributed by atoms with Gasteiger partial charge in [0.15, 0.2) is 0 Å². The minimum absolute atomic E-state index is 0.159. The second-order valence-electron chi connectivity index (χ2n) is 6.26. The van der Waals surface area contributed by atoms with Gasteiger partial charge in [-0.3, -0.25) is 4.79 Å². The van der Waals surface area contributed by atoms with Gasteiger partial charge < -0.3 is 9.90 Å². The van der Waals surface area contributed by atoms with E-state index in [0.29, 0.717) is 11.4 Å². The van der Waals surface area contributed by atoms with Crippen molar-refractivity contribution in [1.82, 2.24) is 5.01 Å². The van der Waals surface area contributed by atoms with Gasteiger partial charge in [-0.15, -0.1) is 0 Å². The Morgan fingerprint density at radius 2 is 1.85 bits per heavy atom.